The first-order valence-electron chi connectivity index (χ1n) is 8.98. The second kappa shape index (κ2) is 8.44. The minimum atomic E-state index is -0.469. The number of H-pyrrole nitrogens is 1. The molecule has 0 saturated heterocycles. The Morgan fingerprint density at radius 1 is 1.17 bits per heavy atom. The van der Waals surface area contributed by atoms with Crippen LogP contribution in [0.1, 0.15) is 27.0 Å². The summed E-state index contributed by atoms with van der Waals surface area (Å²) in [5.41, 5.74) is 3.62. The molecule has 0 unspecified atom stereocenters. The molecule has 0 aliphatic carbocycles. The molecule has 6 nitrogen and oxygen atoms in total. The first-order valence-corrected chi connectivity index (χ1v) is 8.98. The van der Waals surface area contributed by atoms with E-state index in [4.69, 9.17) is 4.74 Å². The fourth-order valence-electron chi connectivity index (χ4n) is 3.20. The molecule has 146 valence electrons. The number of carbonyl (C=O) groups excluding carboxylic acids is 2. The second-order valence-electron chi connectivity index (χ2n) is 6.60. The van der Waals surface area contributed by atoms with E-state index in [1.807, 2.05) is 44.2 Å². The average molecular weight is 388 g/mol. The van der Waals surface area contributed by atoms with Crippen LogP contribution in [0.25, 0.3) is 17.0 Å². The van der Waals surface area contributed by atoms with Gasteiger partial charge in [0.15, 0.2) is 6.61 Å². The van der Waals surface area contributed by atoms with Crippen molar-refractivity contribution in [2.24, 2.45) is 0 Å². The number of fused-ring (bicyclic) bond motifs is 1. The van der Waals surface area contributed by atoms with Crippen LogP contribution in [0.15, 0.2) is 48.2 Å². The SMILES string of the molecule is COC(=O)COc1c(C)cc(C=C(C#N)C(=O)c2c[nH]c3ccccc23)cc1C. The molecular formula is C23H20N2O4. The summed E-state index contributed by atoms with van der Waals surface area (Å²) in [6.45, 7) is 3.49. The monoisotopic (exact) mass is 388 g/mol. The lowest BCUT2D eigenvalue weighted by molar-refractivity contribution is -0.142. The van der Waals surface area contributed by atoms with E-state index in [0.717, 1.165) is 22.0 Å². The molecule has 29 heavy (non-hydrogen) atoms. The number of aromatic amines is 1. The van der Waals surface area contributed by atoms with Crippen molar-refractivity contribution >= 4 is 28.7 Å². The predicted molar refractivity (Wildman–Crippen MR) is 110 cm³/mol. The highest BCUT2D eigenvalue weighted by molar-refractivity contribution is 6.19. The Morgan fingerprint density at radius 3 is 2.52 bits per heavy atom. The second-order valence-corrected chi connectivity index (χ2v) is 6.60. The molecular weight excluding hydrogens is 368 g/mol. The molecule has 1 aromatic heterocycles. The van der Waals surface area contributed by atoms with Gasteiger partial charge < -0.3 is 14.5 Å². The van der Waals surface area contributed by atoms with Crippen molar-refractivity contribution in [1.29, 1.82) is 5.26 Å². The maximum absolute atomic E-state index is 12.9. The number of Topliss-reactive ketones (excluding diaryl/α,β-unsaturated/α-hetero) is 1. The molecule has 3 aromatic rings. The van der Waals surface area contributed by atoms with Crippen molar-refractivity contribution in [1.82, 2.24) is 4.98 Å². The Hall–Kier alpha value is -3.85. The highest BCUT2D eigenvalue weighted by Gasteiger charge is 2.17. The summed E-state index contributed by atoms with van der Waals surface area (Å²) in [5.74, 6) is -0.232. The number of hydrogen-bond acceptors (Lipinski definition) is 5. The highest BCUT2D eigenvalue weighted by Crippen LogP contribution is 2.27. The van der Waals surface area contributed by atoms with Gasteiger partial charge in [-0.2, -0.15) is 5.26 Å². The van der Waals surface area contributed by atoms with E-state index in [0.29, 0.717) is 16.9 Å². The van der Waals surface area contributed by atoms with Gasteiger partial charge in [-0.15, -0.1) is 0 Å². The van der Waals surface area contributed by atoms with E-state index in [2.05, 4.69) is 9.72 Å². The molecule has 0 saturated carbocycles. The Bertz CT molecular complexity index is 1140. The minimum absolute atomic E-state index is 0.0387. The standard InChI is InChI=1S/C23H20N2O4/c1-14-8-16(9-15(2)23(14)29-13-21(26)28-3)10-17(11-24)22(27)19-12-25-20-7-5-4-6-18(19)20/h4-10,12,25H,13H2,1-3H3. The first kappa shape index (κ1) is 19.9. The number of carbonyl (C=O) groups is 2. The van der Waals surface area contributed by atoms with Gasteiger partial charge in [-0.25, -0.2) is 4.79 Å². The zero-order valence-corrected chi connectivity index (χ0v) is 16.4. The van der Waals surface area contributed by atoms with Crippen LogP contribution in [-0.2, 0) is 9.53 Å². The molecule has 6 heteroatoms. The maximum atomic E-state index is 12.9. The van der Waals surface area contributed by atoms with Gasteiger partial charge in [0.1, 0.15) is 17.4 Å². The number of methoxy groups -OCH3 is 1. The van der Waals surface area contributed by atoms with Crippen LogP contribution in [0.5, 0.6) is 5.75 Å². The van der Waals surface area contributed by atoms with Crippen LogP contribution in [-0.4, -0.2) is 30.5 Å². The van der Waals surface area contributed by atoms with Gasteiger partial charge in [0, 0.05) is 22.7 Å². The van der Waals surface area contributed by atoms with E-state index in [1.54, 1.807) is 24.4 Å². The number of hydrogen-bond donors (Lipinski definition) is 1. The summed E-state index contributed by atoms with van der Waals surface area (Å²) in [5, 5.41) is 10.3. The molecule has 0 amide bonds. The molecule has 0 fully saturated rings. The third-order valence-electron chi connectivity index (χ3n) is 4.55. The quantitative estimate of drug-likeness (QED) is 0.297. The average Bonchev–Trinajstić information content (AvgIpc) is 3.14. The van der Waals surface area contributed by atoms with Gasteiger partial charge in [-0.05, 0) is 54.8 Å². The normalized spacial score (nSPS) is 11.2. The molecule has 0 radical (unpaired) electrons. The third kappa shape index (κ3) is 4.19. The number of benzene rings is 2. The lowest BCUT2D eigenvalue weighted by atomic mass is 9.99. The Labute approximate surface area is 168 Å². The lowest BCUT2D eigenvalue weighted by Crippen LogP contribution is -2.13. The first-order chi connectivity index (χ1) is 13.9. The molecule has 0 aliphatic rings. The summed E-state index contributed by atoms with van der Waals surface area (Å²) >= 11 is 0. The lowest BCUT2D eigenvalue weighted by Gasteiger charge is -2.12. The van der Waals surface area contributed by atoms with Gasteiger partial charge in [0.25, 0.3) is 0 Å². The molecule has 0 spiro atoms. The van der Waals surface area contributed by atoms with Crippen molar-refractivity contribution < 1.29 is 19.1 Å². The smallest absolute Gasteiger partial charge is 0.343 e. The van der Waals surface area contributed by atoms with Gasteiger partial charge in [-0.3, -0.25) is 4.79 Å². The van der Waals surface area contributed by atoms with E-state index >= 15 is 0 Å². The van der Waals surface area contributed by atoms with Crippen LogP contribution in [0.4, 0.5) is 0 Å². The number of rotatable bonds is 6. The topological polar surface area (TPSA) is 92.2 Å². The fraction of sp³-hybridized carbons (Fsp3) is 0.174. The summed E-state index contributed by atoms with van der Waals surface area (Å²) in [6, 6.07) is 13.1. The molecule has 3 rings (SSSR count). The third-order valence-corrected chi connectivity index (χ3v) is 4.55. The number of nitriles is 1. The van der Waals surface area contributed by atoms with Crippen LogP contribution < -0.4 is 4.74 Å². The summed E-state index contributed by atoms with van der Waals surface area (Å²) in [7, 11) is 1.30. The highest BCUT2D eigenvalue weighted by atomic mass is 16.6. The number of esters is 1. The zero-order valence-electron chi connectivity index (χ0n) is 16.4. The number of para-hydroxylation sites is 1. The Morgan fingerprint density at radius 2 is 1.86 bits per heavy atom. The minimum Gasteiger partial charge on any atom is -0.481 e. The number of aryl methyl sites for hydroxylation is 2. The molecule has 1 heterocycles. The molecule has 2 aromatic carbocycles. The van der Waals surface area contributed by atoms with Crippen molar-refractivity contribution in [3.05, 3.63) is 70.4 Å². The van der Waals surface area contributed by atoms with E-state index in [1.165, 1.54) is 7.11 Å². The van der Waals surface area contributed by atoms with Crippen molar-refractivity contribution in [3.8, 4) is 11.8 Å². The van der Waals surface area contributed by atoms with E-state index < -0.39 is 5.97 Å². The molecule has 0 aliphatic heterocycles. The van der Waals surface area contributed by atoms with Crippen LogP contribution in [0, 0.1) is 25.2 Å². The molecule has 0 atom stereocenters. The zero-order chi connectivity index (χ0) is 21.0. The largest absolute Gasteiger partial charge is 0.481 e. The number of ketones is 1. The number of nitrogens with zero attached hydrogens (tertiary/aromatic N) is 1. The maximum Gasteiger partial charge on any atom is 0.343 e. The Balaban J connectivity index is 1.92. The molecule has 0 bridgehead atoms. The fourth-order valence-corrected chi connectivity index (χ4v) is 3.20. The van der Waals surface area contributed by atoms with Gasteiger partial charge >= 0.3 is 5.97 Å². The summed E-state index contributed by atoms with van der Waals surface area (Å²) in [4.78, 5) is 27.3. The number of aromatic nitrogens is 1. The number of ether oxygens (including phenoxy) is 2. The number of allylic oxidation sites excluding steroid dienone is 1. The summed E-state index contributed by atoms with van der Waals surface area (Å²) < 4.78 is 10.1. The molecule has 1 N–H and O–H groups in total. The Kier molecular flexibility index (Phi) is 5.79. The van der Waals surface area contributed by atoms with Crippen LogP contribution >= 0.6 is 0 Å². The van der Waals surface area contributed by atoms with Crippen molar-refractivity contribution in [2.45, 2.75) is 13.8 Å². The summed E-state index contributed by atoms with van der Waals surface area (Å²) in [6.07, 6.45) is 3.19. The van der Waals surface area contributed by atoms with Gasteiger partial charge in [0.05, 0.1) is 7.11 Å². The van der Waals surface area contributed by atoms with Crippen LogP contribution in [0.3, 0.4) is 0 Å². The van der Waals surface area contributed by atoms with Gasteiger partial charge in [0.2, 0.25) is 5.78 Å². The van der Waals surface area contributed by atoms with E-state index in [9.17, 15) is 14.9 Å². The van der Waals surface area contributed by atoms with Crippen LogP contribution in [0.2, 0.25) is 0 Å². The predicted octanol–water partition coefficient (Wildman–Crippen LogP) is 4.13. The number of nitrogens with one attached hydrogen (secondary N) is 1. The van der Waals surface area contributed by atoms with E-state index in [-0.39, 0.29) is 18.0 Å². The van der Waals surface area contributed by atoms with Crippen molar-refractivity contribution in [2.75, 3.05) is 13.7 Å². The van der Waals surface area contributed by atoms with Gasteiger partial charge in [-0.1, -0.05) is 18.2 Å². The van der Waals surface area contributed by atoms with Crippen molar-refractivity contribution in [3.63, 3.8) is 0 Å².